The summed E-state index contributed by atoms with van der Waals surface area (Å²) < 4.78 is 17.1. The zero-order valence-corrected chi connectivity index (χ0v) is 11.5. The molecule has 0 radical (unpaired) electrons. The summed E-state index contributed by atoms with van der Waals surface area (Å²) in [7, 11) is -3.47. The first-order valence-corrected chi connectivity index (χ1v) is 7.71. The minimum atomic E-state index is -3.47. The molecule has 1 saturated heterocycles. The molecule has 94 valence electrons. The van der Waals surface area contributed by atoms with Gasteiger partial charge in [-0.3, -0.25) is 9.09 Å². The monoisotopic (exact) mass is 274 g/mol. The molecule has 1 aliphatic heterocycles. The van der Waals surface area contributed by atoms with Gasteiger partial charge in [-0.2, -0.15) is 0 Å². The van der Waals surface area contributed by atoms with Gasteiger partial charge in [0, 0.05) is 10.6 Å². The summed E-state index contributed by atoms with van der Waals surface area (Å²) >= 11 is 6.13. The van der Waals surface area contributed by atoms with Crippen LogP contribution in [0.25, 0.3) is 0 Å². The Hall–Kier alpha value is -0.340. The normalized spacial score (nSPS) is 32.4. The lowest BCUT2D eigenvalue weighted by Gasteiger charge is -2.40. The third kappa shape index (κ3) is 2.74. The Morgan fingerprint density at radius 2 is 2.12 bits per heavy atom. The second kappa shape index (κ2) is 4.40. The Kier molecular flexibility index (Phi) is 3.39. The van der Waals surface area contributed by atoms with E-state index in [9.17, 15) is 9.46 Å². The summed E-state index contributed by atoms with van der Waals surface area (Å²) in [6, 6.07) is 7.31. The Labute approximate surface area is 106 Å². The fourth-order valence-corrected chi connectivity index (χ4v) is 4.01. The van der Waals surface area contributed by atoms with E-state index < -0.39 is 13.7 Å². The van der Waals surface area contributed by atoms with E-state index in [-0.39, 0.29) is 11.6 Å². The number of benzene rings is 1. The number of hydrogen-bond acceptors (Lipinski definition) is 2. The molecule has 0 amide bonds. The molecule has 1 fully saturated rings. The molecule has 17 heavy (non-hydrogen) atoms. The number of rotatable bonds is 1. The van der Waals surface area contributed by atoms with Gasteiger partial charge in [0.25, 0.3) is 0 Å². The average molecular weight is 275 g/mol. The van der Waals surface area contributed by atoms with Crippen LogP contribution >= 0.6 is 19.2 Å². The first-order chi connectivity index (χ1) is 7.82. The average Bonchev–Trinajstić information content (AvgIpc) is 2.23. The van der Waals surface area contributed by atoms with E-state index in [1.54, 1.807) is 6.07 Å². The van der Waals surface area contributed by atoms with E-state index in [1.165, 1.54) is 0 Å². The Bertz CT molecular complexity index is 473. The quantitative estimate of drug-likeness (QED) is 0.787. The van der Waals surface area contributed by atoms with Crippen LogP contribution in [0.1, 0.15) is 31.9 Å². The van der Waals surface area contributed by atoms with Crippen LogP contribution in [0.2, 0.25) is 5.02 Å². The highest BCUT2D eigenvalue weighted by Crippen LogP contribution is 2.59. The van der Waals surface area contributed by atoms with Crippen molar-refractivity contribution < 1.29 is 14.0 Å². The maximum absolute atomic E-state index is 11.7. The van der Waals surface area contributed by atoms with E-state index in [0.29, 0.717) is 11.4 Å². The van der Waals surface area contributed by atoms with Gasteiger partial charge in [-0.05, 0) is 17.9 Å². The van der Waals surface area contributed by atoms with Gasteiger partial charge >= 0.3 is 7.60 Å². The molecule has 3 nitrogen and oxygen atoms in total. The topological polar surface area (TPSA) is 46.5 Å². The van der Waals surface area contributed by atoms with Gasteiger partial charge < -0.3 is 4.89 Å². The molecule has 0 aromatic heterocycles. The van der Waals surface area contributed by atoms with Crippen molar-refractivity contribution in [3.63, 3.8) is 0 Å². The van der Waals surface area contributed by atoms with Crippen molar-refractivity contribution in [2.75, 3.05) is 6.16 Å². The SMILES string of the molecule is CC1(C)CCP(=O)(O)O[C@H]1c1ccccc1Cl. The molecule has 1 N–H and O–H groups in total. The van der Waals surface area contributed by atoms with Crippen LogP contribution in [0, 0.1) is 5.41 Å². The molecule has 2 rings (SSSR count). The van der Waals surface area contributed by atoms with Crippen molar-refractivity contribution in [3.8, 4) is 0 Å². The highest BCUT2D eigenvalue weighted by molar-refractivity contribution is 7.52. The molecular formula is C12H16ClO3P. The lowest BCUT2D eigenvalue weighted by Crippen LogP contribution is -2.30. The largest absolute Gasteiger partial charge is 0.328 e. The highest BCUT2D eigenvalue weighted by atomic mass is 35.5. The second-order valence-electron chi connectivity index (χ2n) is 5.11. The van der Waals surface area contributed by atoms with Crippen LogP contribution in [0.3, 0.4) is 0 Å². The van der Waals surface area contributed by atoms with Gasteiger partial charge in [-0.15, -0.1) is 0 Å². The minimum absolute atomic E-state index is 0.193. The molecule has 5 heteroatoms. The zero-order chi connectivity index (χ0) is 12.7. The molecule has 1 aromatic rings. The van der Waals surface area contributed by atoms with Gasteiger partial charge in [0.05, 0.1) is 12.3 Å². The predicted octanol–water partition coefficient (Wildman–Crippen LogP) is 4.01. The van der Waals surface area contributed by atoms with Gasteiger partial charge in [0.15, 0.2) is 0 Å². The number of hydrogen-bond donors (Lipinski definition) is 1. The first-order valence-electron chi connectivity index (χ1n) is 5.56. The lowest BCUT2D eigenvalue weighted by molar-refractivity contribution is 0.0379. The van der Waals surface area contributed by atoms with Crippen molar-refractivity contribution in [1.29, 1.82) is 0 Å². The van der Waals surface area contributed by atoms with Gasteiger partial charge in [0.1, 0.15) is 0 Å². The zero-order valence-electron chi connectivity index (χ0n) is 9.89. The molecule has 0 spiro atoms. The Balaban J connectivity index is 2.41. The fraction of sp³-hybridized carbons (Fsp3) is 0.500. The second-order valence-corrected chi connectivity index (χ2v) is 7.45. The van der Waals surface area contributed by atoms with Gasteiger partial charge in [-0.1, -0.05) is 43.6 Å². The smallest absolute Gasteiger partial charge is 0.324 e. The van der Waals surface area contributed by atoms with Crippen molar-refractivity contribution in [2.45, 2.75) is 26.4 Å². The molecule has 0 bridgehead atoms. The molecule has 1 heterocycles. The van der Waals surface area contributed by atoms with E-state index in [0.717, 1.165) is 5.56 Å². The summed E-state index contributed by atoms with van der Waals surface area (Å²) in [6.45, 7) is 4.06. The van der Waals surface area contributed by atoms with Crippen molar-refractivity contribution in [3.05, 3.63) is 34.9 Å². The lowest BCUT2D eigenvalue weighted by atomic mass is 9.80. The van der Waals surface area contributed by atoms with Crippen molar-refractivity contribution in [1.82, 2.24) is 0 Å². The van der Waals surface area contributed by atoms with Crippen LogP contribution in [-0.2, 0) is 9.09 Å². The minimum Gasteiger partial charge on any atom is -0.324 e. The van der Waals surface area contributed by atoms with Crippen LogP contribution < -0.4 is 0 Å². The van der Waals surface area contributed by atoms with Crippen LogP contribution in [0.15, 0.2) is 24.3 Å². The maximum atomic E-state index is 11.7. The van der Waals surface area contributed by atoms with E-state index in [1.807, 2.05) is 32.0 Å². The third-order valence-electron chi connectivity index (χ3n) is 3.21. The molecular weight excluding hydrogens is 259 g/mol. The Morgan fingerprint density at radius 1 is 1.47 bits per heavy atom. The molecule has 0 aliphatic carbocycles. The molecule has 1 aliphatic rings. The molecule has 0 saturated carbocycles. The van der Waals surface area contributed by atoms with Crippen LogP contribution in [0.5, 0.6) is 0 Å². The summed E-state index contributed by atoms with van der Waals surface area (Å²) in [4.78, 5) is 9.62. The van der Waals surface area contributed by atoms with Gasteiger partial charge in [0.2, 0.25) is 0 Å². The Morgan fingerprint density at radius 3 is 2.76 bits per heavy atom. The summed E-state index contributed by atoms with van der Waals surface area (Å²) in [5.41, 5.74) is 0.592. The fourth-order valence-electron chi connectivity index (χ4n) is 2.09. The molecule has 1 unspecified atom stereocenters. The van der Waals surface area contributed by atoms with E-state index in [4.69, 9.17) is 16.1 Å². The standard InChI is InChI=1S/C12H16ClO3P/c1-12(2)7-8-17(14,15)16-11(12)9-5-3-4-6-10(9)13/h3-6,11H,7-8H2,1-2H3,(H,14,15)/t11-/m0/s1. The van der Waals surface area contributed by atoms with Crippen LogP contribution in [-0.4, -0.2) is 11.1 Å². The summed E-state index contributed by atoms with van der Waals surface area (Å²) in [5.74, 6) is 0. The van der Waals surface area contributed by atoms with E-state index in [2.05, 4.69) is 0 Å². The van der Waals surface area contributed by atoms with Gasteiger partial charge in [-0.25, -0.2) is 0 Å². The van der Waals surface area contributed by atoms with E-state index >= 15 is 0 Å². The molecule has 2 atom stereocenters. The number of halogens is 1. The maximum Gasteiger partial charge on any atom is 0.328 e. The summed E-state index contributed by atoms with van der Waals surface area (Å²) in [6.07, 6.45) is 0.429. The molecule has 1 aromatic carbocycles. The van der Waals surface area contributed by atoms with Crippen molar-refractivity contribution >= 4 is 19.2 Å². The first kappa shape index (κ1) is 13.1. The highest BCUT2D eigenvalue weighted by Gasteiger charge is 2.43. The van der Waals surface area contributed by atoms with Crippen LogP contribution in [0.4, 0.5) is 0 Å². The third-order valence-corrected chi connectivity index (χ3v) is 4.88. The summed E-state index contributed by atoms with van der Waals surface area (Å²) in [5, 5.41) is 0.576. The predicted molar refractivity (Wildman–Crippen MR) is 68.4 cm³/mol. The van der Waals surface area contributed by atoms with Crippen molar-refractivity contribution in [2.24, 2.45) is 5.41 Å².